The molecule has 1 heterocycles. The summed E-state index contributed by atoms with van der Waals surface area (Å²) < 4.78 is 14.2. The third-order valence-corrected chi connectivity index (χ3v) is 2.75. The molecule has 0 aliphatic carbocycles. The molecule has 0 saturated heterocycles. The third-order valence-electron chi connectivity index (χ3n) is 2.26. The van der Waals surface area contributed by atoms with Gasteiger partial charge in [0.1, 0.15) is 11.6 Å². The number of halogens is 2. The summed E-state index contributed by atoms with van der Waals surface area (Å²) >= 11 is 3.24. The van der Waals surface area contributed by atoms with E-state index < -0.39 is 11.9 Å². The molecule has 0 fully saturated rings. The largest absolute Gasteiger partial charge is 0.388 e. The number of benzene rings is 1. The highest BCUT2D eigenvalue weighted by Crippen LogP contribution is 2.23. The first-order valence-electron chi connectivity index (χ1n) is 4.78. The minimum atomic E-state index is -0.899. The summed E-state index contributed by atoms with van der Waals surface area (Å²) in [6.45, 7) is 0. The summed E-state index contributed by atoms with van der Waals surface area (Å²) in [5, 5.41) is 9.88. The lowest BCUT2D eigenvalue weighted by molar-refractivity contribution is 0.171. The molecule has 0 amide bonds. The minimum Gasteiger partial charge on any atom is -0.388 e. The molecule has 1 unspecified atom stereocenters. The van der Waals surface area contributed by atoms with Crippen molar-refractivity contribution in [2.24, 2.45) is 0 Å². The lowest BCUT2D eigenvalue weighted by Gasteiger charge is -2.10. The van der Waals surface area contributed by atoms with Crippen LogP contribution in [0.15, 0.2) is 35.1 Å². The fourth-order valence-electron chi connectivity index (χ4n) is 1.47. The molecule has 3 nitrogen and oxygen atoms in total. The maximum atomic E-state index is 13.4. The smallest absolute Gasteiger partial charge is 0.129 e. The molecule has 0 saturated carbocycles. The molecule has 0 bridgehead atoms. The van der Waals surface area contributed by atoms with Gasteiger partial charge in [-0.2, -0.15) is 0 Å². The number of aromatic nitrogens is 2. The van der Waals surface area contributed by atoms with Crippen LogP contribution in [-0.4, -0.2) is 15.1 Å². The second-order valence-electron chi connectivity index (χ2n) is 3.42. The molecule has 0 spiro atoms. The topological polar surface area (TPSA) is 48.9 Å². The van der Waals surface area contributed by atoms with Gasteiger partial charge >= 0.3 is 0 Å². The van der Waals surface area contributed by atoms with Gasteiger partial charge in [0.05, 0.1) is 6.10 Å². The molecule has 84 valence electrons. The number of hydrogen-bond donors (Lipinski definition) is 2. The van der Waals surface area contributed by atoms with Gasteiger partial charge in [-0.05, 0) is 18.2 Å². The summed E-state index contributed by atoms with van der Waals surface area (Å²) in [5.74, 6) is 0.217. The number of aliphatic hydroxyl groups excluding tert-OH is 1. The monoisotopic (exact) mass is 284 g/mol. The molecule has 16 heavy (non-hydrogen) atoms. The highest BCUT2D eigenvalue weighted by atomic mass is 79.9. The zero-order valence-corrected chi connectivity index (χ0v) is 9.91. The van der Waals surface area contributed by atoms with E-state index in [1.54, 1.807) is 24.5 Å². The maximum Gasteiger partial charge on any atom is 0.129 e. The first kappa shape index (κ1) is 11.3. The molecule has 2 N–H and O–H groups in total. The van der Waals surface area contributed by atoms with E-state index in [9.17, 15) is 9.50 Å². The Balaban J connectivity index is 2.20. The Morgan fingerprint density at radius 3 is 3.00 bits per heavy atom. The normalized spacial score (nSPS) is 12.7. The van der Waals surface area contributed by atoms with Crippen LogP contribution in [0.2, 0.25) is 0 Å². The lowest BCUT2D eigenvalue weighted by Crippen LogP contribution is -2.05. The van der Waals surface area contributed by atoms with Gasteiger partial charge < -0.3 is 10.1 Å². The summed E-state index contributed by atoms with van der Waals surface area (Å²) in [6.07, 6.45) is 2.63. The van der Waals surface area contributed by atoms with E-state index in [1.165, 1.54) is 6.07 Å². The van der Waals surface area contributed by atoms with Gasteiger partial charge in [-0.3, -0.25) is 0 Å². The van der Waals surface area contributed by atoms with Crippen LogP contribution in [0.3, 0.4) is 0 Å². The SMILES string of the molecule is OC(Cc1ncc[nH]1)c1cc(Br)ccc1F. The molecule has 2 aromatic rings. The summed E-state index contributed by atoms with van der Waals surface area (Å²) in [6, 6.07) is 4.49. The lowest BCUT2D eigenvalue weighted by atomic mass is 10.1. The number of imidazole rings is 1. The summed E-state index contributed by atoms with van der Waals surface area (Å²) in [7, 11) is 0. The fourth-order valence-corrected chi connectivity index (χ4v) is 1.85. The van der Waals surface area contributed by atoms with Gasteiger partial charge in [-0.1, -0.05) is 15.9 Å². The highest BCUT2D eigenvalue weighted by molar-refractivity contribution is 9.10. The first-order chi connectivity index (χ1) is 7.66. The fraction of sp³-hybridized carbons (Fsp3) is 0.182. The van der Waals surface area contributed by atoms with E-state index in [4.69, 9.17) is 0 Å². The van der Waals surface area contributed by atoms with Crippen LogP contribution in [0, 0.1) is 5.82 Å². The molecular formula is C11H10BrFN2O. The van der Waals surface area contributed by atoms with Crippen molar-refractivity contribution in [2.75, 3.05) is 0 Å². The number of nitrogens with one attached hydrogen (secondary N) is 1. The van der Waals surface area contributed by atoms with Crippen LogP contribution in [0.25, 0.3) is 0 Å². The Labute approximate surface area is 100 Å². The number of aliphatic hydroxyl groups is 1. The maximum absolute atomic E-state index is 13.4. The molecule has 0 aliphatic heterocycles. The Hall–Kier alpha value is -1.20. The van der Waals surface area contributed by atoms with Crippen molar-refractivity contribution in [3.05, 3.63) is 52.3 Å². The van der Waals surface area contributed by atoms with Crippen LogP contribution in [0.1, 0.15) is 17.5 Å². The van der Waals surface area contributed by atoms with Crippen LogP contribution in [-0.2, 0) is 6.42 Å². The Morgan fingerprint density at radius 1 is 1.50 bits per heavy atom. The third kappa shape index (κ3) is 2.48. The number of rotatable bonds is 3. The molecule has 1 atom stereocenters. The van der Waals surface area contributed by atoms with Crippen LogP contribution in [0.4, 0.5) is 4.39 Å². The van der Waals surface area contributed by atoms with Gasteiger partial charge in [0.25, 0.3) is 0 Å². The number of nitrogens with zero attached hydrogens (tertiary/aromatic N) is 1. The quantitative estimate of drug-likeness (QED) is 0.910. The van der Waals surface area contributed by atoms with E-state index >= 15 is 0 Å². The van der Waals surface area contributed by atoms with Gasteiger partial charge in [-0.25, -0.2) is 9.37 Å². The second kappa shape index (κ2) is 4.76. The first-order valence-corrected chi connectivity index (χ1v) is 5.57. The number of hydrogen-bond acceptors (Lipinski definition) is 2. The van der Waals surface area contributed by atoms with Crippen molar-refractivity contribution in [3.8, 4) is 0 Å². The molecular weight excluding hydrogens is 275 g/mol. The van der Waals surface area contributed by atoms with Crippen molar-refractivity contribution in [2.45, 2.75) is 12.5 Å². The van der Waals surface area contributed by atoms with E-state index in [0.717, 1.165) is 4.47 Å². The zero-order valence-electron chi connectivity index (χ0n) is 8.32. The Morgan fingerprint density at radius 2 is 2.31 bits per heavy atom. The van der Waals surface area contributed by atoms with Crippen molar-refractivity contribution < 1.29 is 9.50 Å². The van der Waals surface area contributed by atoms with E-state index in [0.29, 0.717) is 5.82 Å². The highest BCUT2D eigenvalue weighted by Gasteiger charge is 2.14. The van der Waals surface area contributed by atoms with Crippen molar-refractivity contribution >= 4 is 15.9 Å². The molecule has 1 aromatic carbocycles. The predicted octanol–water partition coefficient (Wildman–Crippen LogP) is 2.59. The van der Waals surface area contributed by atoms with Crippen LogP contribution < -0.4 is 0 Å². The summed E-state index contributed by atoms with van der Waals surface area (Å²) in [5.41, 5.74) is 0.269. The predicted molar refractivity (Wildman–Crippen MR) is 61.4 cm³/mol. The van der Waals surface area contributed by atoms with Gasteiger partial charge in [0.2, 0.25) is 0 Å². The second-order valence-corrected chi connectivity index (χ2v) is 4.34. The average Bonchev–Trinajstić information content (AvgIpc) is 2.74. The standard InChI is InChI=1S/C11H10BrFN2O/c12-7-1-2-9(13)8(5-7)10(16)6-11-14-3-4-15-11/h1-5,10,16H,6H2,(H,14,15). The van der Waals surface area contributed by atoms with E-state index in [2.05, 4.69) is 25.9 Å². The zero-order chi connectivity index (χ0) is 11.5. The van der Waals surface area contributed by atoms with E-state index in [-0.39, 0.29) is 12.0 Å². The summed E-state index contributed by atoms with van der Waals surface area (Å²) in [4.78, 5) is 6.85. The molecule has 0 radical (unpaired) electrons. The van der Waals surface area contributed by atoms with Crippen LogP contribution >= 0.6 is 15.9 Å². The number of aromatic amines is 1. The number of H-pyrrole nitrogens is 1. The van der Waals surface area contributed by atoms with Crippen LogP contribution in [0.5, 0.6) is 0 Å². The van der Waals surface area contributed by atoms with Crippen molar-refractivity contribution in [1.29, 1.82) is 0 Å². The molecule has 0 aliphatic rings. The Kier molecular flexibility index (Phi) is 3.36. The van der Waals surface area contributed by atoms with E-state index in [1.807, 2.05) is 0 Å². The average molecular weight is 285 g/mol. The molecule has 5 heteroatoms. The minimum absolute atomic E-state index is 0.264. The van der Waals surface area contributed by atoms with Gasteiger partial charge in [0, 0.05) is 28.9 Å². The van der Waals surface area contributed by atoms with Crippen molar-refractivity contribution in [3.63, 3.8) is 0 Å². The van der Waals surface area contributed by atoms with Gasteiger partial charge in [0.15, 0.2) is 0 Å². The Bertz CT molecular complexity index is 473. The molecule has 2 rings (SSSR count). The van der Waals surface area contributed by atoms with Gasteiger partial charge in [-0.15, -0.1) is 0 Å². The van der Waals surface area contributed by atoms with Crippen molar-refractivity contribution in [1.82, 2.24) is 9.97 Å². The molecule has 1 aromatic heterocycles.